The number of hydrogen-bond acceptors (Lipinski definition) is 5. The Labute approximate surface area is 218 Å². The van der Waals surface area contributed by atoms with E-state index in [1.807, 2.05) is 0 Å². The monoisotopic (exact) mass is 517 g/mol. The number of hydrogen-bond donors (Lipinski definition) is 2. The van der Waals surface area contributed by atoms with Gasteiger partial charge in [-0.05, 0) is 66.9 Å². The molecule has 3 aromatic carbocycles. The molecule has 1 aromatic heterocycles. The lowest BCUT2D eigenvalue weighted by Gasteiger charge is -2.38. The van der Waals surface area contributed by atoms with Gasteiger partial charge in [-0.15, -0.1) is 0 Å². The van der Waals surface area contributed by atoms with Crippen molar-refractivity contribution in [1.29, 1.82) is 0 Å². The molecule has 38 heavy (non-hydrogen) atoms. The van der Waals surface area contributed by atoms with Gasteiger partial charge < -0.3 is 24.8 Å². The fraction of sp³-hybridized carbons (Fsp3) is 0.172. The molecule has 0 spiro atoms. The lowest BCUT2D eigenvalue weighted by molar-refractivity contribution is -0.0157. The van der Waals surface area contributed by atoms with Gasteiger partial charge in [0, 0.05) is 49.4 Å². The van der Waals surface area contributed by atoms with Crippen LogP contribution in [0.15, 0.2) is 91.3 Å². The van der Waals surface area contributed by atoms with Crippen LogP contribution in [0.4, 0.5) is 19.3 Å². The second kappa shape index (κ2) is 10.9. The number of carbonyl (C=O) groups is 1. The van der Waals surface area contributed by atoms with E-state index in [1.165, 1.54) is 36.4 Å². The van der Waals surface area contributed by atoms with Crippen molar-refractivity contribution in [1.82, 2.24) is 9.88 Å². The maximum absolute atomic E-state index is 13.3. The quantitative estimate of drug-likeness (QED) is 0.307. The third-order valence-electron chi connectivity index (χ3n) is 6.33. The fourth-order valence-electron chi connectivity index (χ4n) is 4.27. The number of piperidine rings is 1. The molecule has 2 amide bonds. The number of nitrogens with one attached hydrogen (secondary N) is 1. The summed E-state index contributed by atoms with van der Waals surface area (Å²) in [6.07, 6.45) is 3.83. The highest BCUT2D eigenvalue weighted by atomic mass is 19.1. The number of aliphatic hydroxyl groups is 1. The first-order chi connectivity index (χ1) is 18.4. The molecule has 0 unspecified atom stereocenters. The van der Waals surface area contributed by atoms with Crippen LogP contribution >= 0.6 is 0 Å². The minimum Gasteiger partial charge on any atom is -0.457 e. The molecule has 2 N–H and O–H groups in total. The minimum absolute atomic E-state index is 0.311. The molecule has 5 rings (SSSR count). The molecule has 9 heteroatoms. The SMILES string of the molecule is O=C(Nc1cc(Oc2ccncc2)cc(Oc2ccc(F)cc2)c1)N1CCC(O)(c2ccc(F)cc2)CC1. The van der Waals surface area contributed by atoms with Crippen LogP contribution < -0.4 is 14.8 Å². The number of anilines is 1. The Kier molecular flexibility index (Phi) is 7.19. The van der Waals surface area contributed by atoms with E-state index < -0.39 is 5.60 Å². The van der Waals surface area contributed by atoms with Crippen LogP contribution in [0.1, 0.15) is 18.4 Å². The summed E-state index contributed by atoms with van der Waals surface area (Å²) in [7, 11) is 0. The van der Waals surface area contributed by atoms with Gasteiger partial charge in [0.05, 0.1) is 5.60 Å². The summed E-state index contributed by atoms with van der Waals surface area (Å²) in [4.78, 5) is 18.7. The van der Waals surface area contributed by atoms with Crippen molar-refractivity contribution in [2.75, 3.05) is 18.4 Å². The number of aromatic nitrogens is 1. The van der Waals surface area contributed by atoms with E-state index in [0.29, 0.717) is 60.2 Å². The lowest BCUT2D eigenvalue weighted by Crippen LogP contribution is -2.46. The van der Waals surface area contributed by atoms with Crippen LogP contribution in [0.3, 0.4) is 0 Å². The first kappa shape index (κ1) is 25.2. The molecule has 0 bridgehead atoms. The number of benzene rings is 3. The van der Waals surface area contributed by atoms with Crippen molar-refractivity contribution in [3.8, 4) is 23.0 Å². The predicted molar refractivity (Wildman–Crippen MR) is 137 cm³/mol. The van der Waals surface area contributed by atoms with E-state index >= 15 is 0 Å². The van der Waals surface area contributed by atoms with E-state index in [2.05, 4.69) is 10.3 Å². The standard InChI is InChI=1S/C29H25F2N3O4/c30-21-3-1-20(2-4-21)29(36)11-15-34(16-12-29)28(35)33-23-17-26(37-24-7-5-22(31)6-8-24)19-27(18-23)38-25-9-13-32-14-10-25/h1-10,13-14,17-19,36H,11-12,15-16H2,(H,33,35). The van der Waals surface area contributed by atoms with Crippen molar-refractivity contribution in [2.45, 2.75) is 18.4 Å². The molecule has 2 heterocycles. The topological polar surface area (TPSA) is 83.9 Å². The number of carbonyl (C=O) groups excluding carboxylic acids is 1. The van der Waals surface area contributed by atoms with Crippen LogP contribution in [-0.2, 0) is 5.60 Å². The normalized spacial score (nSPS) is 14.6. The Balaban J connectivity index is 1.31. The molecule has 1 aliphatic heterocycles. The van der Waals surface area contributed by atoms with Gasteiger partial charge in [0.25, 0.3) is 0 Å². The van der Waals surface area contributed by atoms with Crippen molar-refractivity contribution in [3.63, 3.8) is 0 Å². The molecule has 194 valence electrons. The summed E-state index contributed by atoms with van der Waals surface area (Å²) in [5.74, 6) is 1.01. The van der Waals surface area contributed by atoms with Crippen LogP contribution in [0, 0.1) is 11.6 Å². The number of amides is 2. The molecule has 1 aliphatic rings. The Morgan fingerprint density at radius 2 is 1.32 bits per heavy atom. The zero-order valence-electron chi connectivity index (χ0n) is 20.3. The lowest BCUT2D eigenvalue weighted by atomic mass is 9.84. The Bertz CT molecular complexity index is 1390. The van der Waals surface area contributed by atoms with E-state index in [9.17, 15) is 18.7 Å². The number of urea groups is 1. The highest BCUT2D eigenvalue weighted by Crippen LogP contribution is 2.35. The molecule has 0 radical (unpaired) electrons. The van der Waals surface area contributed by atoms with Gasteiger partial charge in [-0.25, -0.2) is 13.6 Å². The zero-order chi connectivity index (χ0) is 26.5. The largest absolute Gasteiger partial charge is 0.457 e. The average Bonchev–Trinajstić information content (AvgIpc) is 2.91. The van der Waals surface area contributed by atoms with Gasteiger partial charge in [0.1, 0.15) is 34.6 Å². The second-order valence-corrected chi connectivity index (χ2v) is 8.99. The summed E-state index contributed by atoms with van der Waals surface area (Å²) in [6, 6.07) is 19.4. The summed E-state index contributed by atoms with van der Waals surface area (Å²) >= 11 is 0. The first-order valence-electron chi connectivity index (χ1n) is 12.1. The maximum atomic E-state index is 13.3. The molecule has 4 aromatic rings. The van der Waals surface area contributed by atoms with Crippen LogP contribution in [0.2, 0.25) is 0 Å². The molecule has 1 fully saturated rings. The molecule has 0 atom stereocenters. The molecule has 0 saturated carbocycles. The van der Waals surface area contributed by atoms with Crippen molar-refractivity contribution < 1.29 is 28.2 Å². The first-order valence-corrected chi connectivity index (χ1v) is 12.1. The number of rotatable bonds is 6. The van der Waals surface area contributed by atoms with E-state index in [1.54, 1.807) is 59.8 Å². The van der Waals surface area contributed by atoms with Gasteiger partial charge in [0.2, 0.25) is 0 Å². The van der Waals surface area contributed by atoms with Crippen molar-refractivity contribution in [3.05, 3.63) is 108 Å². The van der Waals surface area contributed by atoms with Crippen molar-refractivity contribution in [2.24, 2.45) is 0 Å². The number of ether oxygens (including phenoxy) is 2. The molecular formula is C29H25F2N3O4. The van der Waals surface area contributed by atoms with Crippen molar-refractivity contribution >= 4 is 11.7 Å². The molecule has 0 aliphatic carbocycles. The third kappa shape index (κ3) is 6.07. The van der Waals surface area contributed by atoms with Crippen LogP contribution in [0.5, 0.6) is 23.0 Å². The molecule has 1 saturated heterocycles. The van der Waals surface area contributed by atoms with Crippen LogP contribution in [-0.4, -0.2) is 34.1 Å². The van der Waals surface area contributed by atoms with Gasteiger partial charge in [-0.2, -0.15) is 0 Å². The summed E-state index contributed by atoms with van der Waals surface area (Å²) in [5.41, 5.74) is -0.0700. The highest BCUT2D eigenvalue weighted by Gasteiger charge is 2.35. The van der Waals surface area contributed by atoms with Gasteiger partial charge in [0.15, 0.2) is 0 Å². The van der Waals surface area contributed by atoms with Gasteiger partial charge in [-0.3, -0.25) is 4.98 Å². The summed E-state index contributed by atoms with van der Waals surface area (Å²) < 4.78 is 38.4. The van der Waals surface area contributed by atoms with E-state index in [0.717, 1.165) is 0 Å². The highest BCUT2D eigenvalue weighted by molar-refractivity contribution is 5.90. The Morgan fingerprint density at radius 3 is 1.89 bits per heavy atom. The third-order valence-corrected chi connectivity index (χ3v) is 6.33. The molecule has 7 nitrogen and oxygen atoms in total. The number of halogens is 2. The number of likely N-dealkylation sites (tertiary alicyclic amines) is 1. The maximum Gasteiger partial charge on any atom is 0.321 e. The minimum atomic E-state index is -1.13. The summed E-state index contributed by atoms with van der Waals surface area (Å²) in [6.45, 7) is 0.623. The predicted octanol–water partition coefficient (Wildman–Crippen LogP) is 6.46. The van der Waals surface area contributed by atoms with E-state index in [4.69, 9.17) is 9.47 Å². The second-order valence-electron chi connectivity index (χ2n) is 8.99. The number of nitrogens with zero attached hydrogens (tertiary/aromatic N) is 2. The average molecular weight is 518 g/mol. The Hall–Kier alpha value is -4.50. The smallest absolute Gasteiger partial charge is 0.321 e. The molecular weight excluding hydrogens is 492 g/mol. The van der Waals surface area contributed by atoms with Gasteiger partial charge >= 0.3 is 6.03 Å². The summed E-state index contributed by atoms with van der Waals surface area (Å²) in [5, 5.41) is 13.9. The van der Waals surface area contributed by atoms with E-state index in [-0.39, 0.29) is 17.7 Å². The zero-order valence-corrected chi connectivity index (χ0v) is 20.3. The fourth-order valence-corrected chi connectivity index (χ4v) is 4.27. The Morgan fingerprint density at radius 1 is 0.789 bits per heavy atom. The van der Waals surface area contributed by atoms with Crippen LogP contribution in [0.25, 0.3) is 0 Å². The number of pyridine rings is 1. The van der Waals surface area contributed by atoms with Gasteiger partial charge in [-0.1, -0.05) is 12.1 Å².